The number of carbonyl (C=O) groups excluding carboxylic acids is 1. The Morgan fingerprint density at radius 2 is 2.00 bits per heavy atom. The number of aryl methyl sites for hydroxylation is 1. The molecule has 1 fully saturated rings. The van der Waals surface area contributed by atoms with E-state index in [0.717, 1.165) is 37.3 Å². The minimum Gasteiger partial charge on any atom is -0.309 e. The second-order valence-corrected chi connectivity index (χ2v) is 9.90. The van der Waals surface area contributed by atoms with Crippen molar-refractivity contribution in [1.82, 2.24) is 9.55 Å². The second kappa shape index (κ2) is 8.90. The predicted octanol–water partition coefficient (Wildman–Crippen LogP) is 3.11. The Hall–Kier alpha value is -2.48. The van der Waals surface area contributed by atoms with Gasteiger partial charge in [0, 0.05) is 18.5 Å². The SMILES string of the molecule is CCS(=O)(=O)c1ccn([C@@H](CC2CCCC2)C(=O)Nc2ccc(C)cn2)c(=O)c1. The molecule has 2 aromatic heterocycles. The fraction of sp³-hybridized carbons (Fsp3) is 0.476. The molecule has 2 aromatic rings. The maximum absolute atomic E-state index is 13.0. The highest BCUT2D eigenvalue weighted by atomic mass is 32.2. The fourth-order valence-electron chi connectivity index (χ4n) is 3.75. The first-order valence-corrected chi connectivity index (χ1v) is 11.6. The summed E-state index contributed by atoms with van der Waals surface area (Å²) in [6.45, 7) is 3.44. The summed E-state index contributed by atoms with van der Waals surface area (Å²) >= 11 is 0. The Kier molecular flexibility index (Phi) is 6.52. The molecule has 1 aliphatic carbocycles. The summed E-state index contributed by atoms with van der Waals surface area (Å²) < 4.78 is 25.5. The molecular weight excluding hydrogens is 390 g/mol. The van der Waals surface area contributed by atoms with Crippen molar-refractivity contribution < 1.29 is 13.2 Å². The van der Waals surface area contributed by atoms with Gasteiger partial charge in [-0.1, -0.05) is 38.7 Å². The van der Waals surface area contributed by atoms with Crippen molar-refractivity contribution in [2.45, 2.75) is 56.9 Å². The molecule has 0 aliphatic heterocycles. The van der Waals surface area contributed by atoms with Gasteiger partial charge in [-0.05, 0) is 37.0 Å². The highest BCUT2D eigenvalue weighted by Gasteiger charge is 2.28. The van der Waals surface area contributed by atoms with Crippen LogP contribution >= 0.6 is 0 Å². The van der Waals surface area contributed by atoms with E-state index in [-0.39, 0.29) is 16.6 Å². The third kappa shape index (κ3) is 5.12. The van der Waals surface area contributed by atoms with E-state index >= 15 is 0 Å². The van der Waals surface area contributed by atoms with E-state index in [1.807, 2.05) is 13.0 Å². The number of nitrogens with zero attached hydrogens (tertiary/aromatic N) is 2. The molecule has 0 radical (unpaired) electrons. The van der Waals surface area contributed by atoms with Crippen LogP contribution in [0.4, 0.5) is 5.82 Å². The van der Waals surface area contributed by atoms with Crippen molar-refractivity contribution >= 4 is 21.6 Å². The van der Waals surface area contributed by atoms with Gasteiger partial charge in [-0.3, -0.25) is 9.59 Å². The summed E-state index contributed by atoms with van der Waals surface area (Å²) in [4.78, 5) is 30.0. The Labute approximate surface area is 171 Å². The van der Waals surface area contributed by atoms with Gasteiger partial charge in [0.2, 0.25) is 5.91 Å². The van der Waals surface area contributed by atoms with Crippen LogP contribution in [0.25, 0.3) is 0 Å². The molecule has 0 unspecified atom stereocenters. The highest BCUT2D eigenvalue weighted by Crippen LogP contribution is 2.32. The van der Waals surface area contributed by atoms with E-state index < -0.39 is 21.4 Å². The Bertz CT molecular complexity index is 1020. The molecule has 0 aromatic carbocycles. The van der Waals surface area contributed by atoms with Gasteiger partial charge in [0.15, 0.2) is 9.84 Å². The lowest BCUT2D eigenvalue weighted by Crippen LogP contribution is -2.34. The summed E-state index contributed by atoms with van der Waals surface area (Å²) in [5, 5.41) is 2.80. The first kappa shape index (κ1) is 21.2. The average molecular weight is 418 g/mol. The van der Waals surface area contributed by atoms with Crippen LogP contribution in [0.2, 0.25) is 0 Å². The van der Waals surface area contributed by atoms with Crippen LogP contribution < -0.4 is 10.9 Å². The molecule has 0 spiro atoms. The van der Waals surface area contributed by atoms with E-state index in [1.165, 1.54) is 23.8 Å². The molecule has 1 N–H and O–H groups in total. The van der Waals surface area contributed by atoms with Gasteiger partial charge in [-0.2, -0.15) is 0 Å². The van der Waals surface area contributed by atoms with Crippen LogP contribution in [0.15, 0.2) is 46.3 Å². The van der Waals surface area contributed by atoms with Gasteiger partial charge in [0.1, 0.15) is 11.9 Å². The van der Waals surface area contributed by atoms with E-state index in [2.05, 4.69) is 10.3 Å². The number of hydrogen-bond acceptors (Lipinski definition) is 5. The van der Waals surface area contributed by atoms with Crippen molar-refractivity contribution in [3.8, 4) is 0 Å². The number of amides is 1. The zero-order valence-corrected chi connectivity index (χ0v) is 17.6. The fourth-order valence-corrected chi connectivity index (χ4v) is 4.63. The predicted molar refractivity (Wildman–Crippen MR) is 112 cm³/mol. The van der Waals surface area contributed by atoms with Crippen molar-refractivity contribution in [2.75, 3.05) is 11.1 Å². The number of hydrogen-bond donors (Lipinski definition) is 1. The molecule has 1 atom stereocenters. The van der Waals surface area contributed by atoms with E-state index in [4.69, 9.17) is 0 Å². The minimum absolute atomic E-state index is 0.0125. The first-order chi connectivity index (χ1) is 13.8. The van der Waals surface area contributed by atoms with Gasteiger partial charge in [0.25, 0.3) is 5.56 Å². The second-order valence-electron chi connectivity index (χ2n) is 7.62. The number of nitrogens with one attached hydrogen (secondary N) is 1. The van der Waals surface area contributed by atoms with Gasteiger partial charge >= 0.3 is 0 Å². The van der Waals surface area contributed by atoms with E-state index in [1.54, 1.807) is 12.3 Å². The number of aromatic nitrogens is 2. The Balaban J connectivity index is 1.91. The third-order valence-corrected chi connectivity index (χ3v) is 7.22. The first-order valence-electron chi connectivity index (χ1n) is 9.98. The molecule has 156 valence electrons. The van der Waals surface area contributed by atoms with Crippen molar-refractivity contribution in [3.05, 3.63) is 52.6 Å². The van der Waals surface area contributed by atoms with Crippen molar-refractivity contribution in [2.24, 2.45) is 5.92 Å². The molecule has 1 saturated carbocycles. The lowest BCUT2D eigenvalue weighted by atomic mass is 9.97. The summed E-state index contributed by atoms with van der Waals surface area (Å²) in [5.74, 6) is 0.390. The van der Waals surface area contributed by atoms with Crippen LogP contribution in [-0.4, -0.2) is 29.6 Å². The average Bonchev–Trinajstić information content (AvgIpc) is 3.21. The lowest BCUT2D eigenvalue weighted by Gasteiger charge is -2.22. The van der Waals surface area contributed by atoms with Crippen molar-refractivity contribution in [1.29, 1.82) is 0 Å². The van der Waals surface area contributed by atoms with Crippen LogP contribution in [-0.2, 0) is 14.6 Å². The van der Waals surface area contributed by atoms with Crippen LogP contribution in [0.3, 0.4) is 0 Å². The molecule has 2 heterocycles. The maximum Gasteiger partial charge on any atom is 0.252 e. The quantitative estimate of drug-likeness (QED) is 0.746. The molecule has 0 saturated heterocycles. The van der Waals surface area contributed by atoms with Crippen LogP contribution in [0.1, 0.15) is 50.6 Å². The molecule has 1 amide bonds. The topological polar surface area (TPSA) is 98.1 Å². The third-order valence-electron chi connectivity index (χ3n) is 5.49. The monoisotopic (exact) mass is 417 g/mol. The molecule has 7 nitrogen and oxygen atoms in total. The summed E-state index contributed by atoms with van der Waals surface area (Å²) in [5.41, 5.74) is 0.490. The zero-order valence-electron chi connectivity index (χ0n) is 16.8. The normalized spacial score (nSPS) is 15.9. The standard InChI is InChI=1S/C21H27N3O4S/c1-3-29(27,28)17-10-11-24(20(25)13-17)18(12-16-6-4-5-7-16)21(26)23-19-9-8-15(2)14-22-19/h8-11,13-14,16,18H,3-7,12H2,1-2H3,(H,22,23,26)/t18-/m0/s1. The number of anilines is 1. The Morgan fingerprint density at radius 3 is 2.59 bits per heavy atom. The molecule has 3 rings (SSSR count). The maximum atomic E-state index is 13.0. The van der Waals surface area contributed by atoms with Crippen LogP contribution in [0, 0.1) is 12.8 Å². The molecule has 29 heavy (non-hydrogen) atoms. The van der Waals surface area contributed by atoms with E-state index in [9.17, 15) is 18.0 Å². The largest absolute Gasteiger partial charge is 0.309 e. The van der Waals surface area contributed by atoms with Gasteiger partial charge < -0.3 is 9.88 Å². The van der Waals surface area contributed by atoms with Crippen LogP contribution in [0.5, 0.6) is 0 Å². The number of sulfone groups is 1. The molecular formula is C21H27N3O4S. The van der Waals surface area contributed by atoms with Gasteiger partial charge in [-0.15, -0.1) is 0 Å². The number of rotatable bonds is 7. The molecule has 0 bridgehead atoms. The highest BCUT2D eigenvalue weighted by molar-refractivity contribution is 7.91. The zero-order chi connectivity index (χ0) is 21.0. The summed E-state index contributed by atoms with van der Waals surface area (Å²) in [7, 11) is -3.48. The molecule has 8 heteroatoms. The van der Waals surface area contributed by atoms with E-state index in [0.29, 0.717) is 18.2 Å². The number of pyridine rings is 2. The minimum atomic E-state index is -3.48. The van der Waals surface area contributed by atoms with Crippen molar-refractivity contribution in [3.63, 3.8) is 0 Å². The summed E-state index contributed by atoms with van der Waals surface area (Å²) in [6.07, 6.45) is 7.94. The van der Waals surface area contributed by atoms with Gasteiger partial charge in [0.05, 0.1) is 10.6 Å². The molecule has 1 aliphatic rings. The lowest BCUT2D eigenvalue weighted by molar-refractivity contribution is -0.119. The Morgan fingerprint density at radius 1 is 1.28 bits per heavy atom. The van der Waals surface area contributed by atoms with Gasteiger partial charge in [-0.25, -0.2) is 13.4 Å². The smallest absolute Gasteiger partial charge is 0.252 e. The number of carbonyl (C=O) groups is 1. The summed E-state index contributed by atoms with van der Waals surface area (Å²) in [6, 6.07) is 5.37.